The number of carbonyl (C=O) groups is 1. The molecule has 7 heteroatoms. The van der Waals surface area contributed by atoms with Gasteiger partial charge in [-0.05, 0) is 32.9 Å². The SMILES string of the molecule is CN(C[C@H]1CC(c2ccc(Cl)c(Cl)c2)=NO1)C(=O)NC(C)(C)C. The Hall–Kier alpha value is -1.46. The van der Waals surface area contributed by atoms with E-state index in [4.69, 9.17) is 28.0 Å². The third-order valence-corrected chi connectivity index (χ3v) is 4.03. The zero-order valence-electron chi connectivity index (χ0n) is 13.7. The van der Waals surface area contributed by atoms with Gasteiger partial charge in [0.2, 0.25) is 0 Å². The van der Waals surface area contributed by atoms with Crippen LogP contribution in [-0.4, -0.2) is 41.9 Å². The molecule has 0 unspecified atom stereocenters. The van der Waals surface area contributed by atoms with Gasteiger partial charge in [0, 0.05) is 24.6 Å². The molecule has 126 valence electrons. The van der Waals surface area contributed by atoms with Crippen molar-refractivity contribution in [2.45, 2.75) is 38.8 Å². The van der Waals surface area contributed by atoms with Crippen molar-refractivity contribution in [1.29, 1.82) is 0 Å². The standard InChI is InChI=1S/C16H21Cl2N3O2/c1-16(2,3)19-15(22)21(4)9-11-8-14(20-23-11)10-5-6-12(17)13(18)7-10/h5-7,11H,8-9H2,1-4H3,(H,19,22)/t11-/m1/s1. The van der Waals surface area contributed by atoms with Crippen LogP contribution >= 0.6 is 23.2 Å². The maximum Gasteiger partial charge on any atom is 0.317 e. The molecule has 1 atom stereocenters. The third-order valence-electron chi connectivity index (χ3n) is 3.29. The summed E-state index contributed by atoms with van der Waals surface area (Å²) < 4.78 is 0. The van der Waals surface area contributed by atoms with E-state index in [2.05, 4.69) is 10.5 Å². The molecule has 1 aromatic carbocycles. The molecule has 5 nitrogen and oxygen atoms in total. The molecular weight excluding hydrogens is 337 g/mol. The lowest BCUT2D eigenvalue weighted by atomic mass is 10.0. The molecule has 0 aliphatic carbocycles. The number of hydrogen-bond donors (Lipinski definition) is 1. The highest BCUT2D eigenvalue weighted by atomic mass is 35.5. The second kappa shape index (κ2) is 6.97. The van der Waals surface area contributed by atoms with Crippen LogP contribution in [0.2, 0.25) is 10.0 Å². The largest absolute Gasteiger partial charge is 0.390 e. The molecule has 1 aliphatic rings. The molecule has 0 spiro atoms. The van der Waals surface area contributed by atoms with Crippen LogP contribution in [0.15, 0.2) is 23.4 Å². The van der Waals surface area contributed by atoms with Crippen molar-refractivity contribution in [3.63, 3.8) is 0 Å². The summed E-state index contributed by atoms with van der Waals surface area (Å²) in [5, 5.41) is 8.00. The molecule has 1 aromatic rings. The first kappa shape index (κ1) is 17.9. The second-order valence-electron chi connectivity index (χ2n) is 6.66. The lowest BCUT2D eigenvalue weighted by Gasteiger charge is -2.26. The van der Waals surface area contributed by atoms with Crippen LogP contribution in [0.5, 0.6) is 0 Å². The van der Waals surface area contributed by atoms with Gasteiger partial charge in [-0.1, -0.05) is 34.4 Å². The van der Waals surface area contributed by atoms with Gasteiger partial charge in [0.1, 0.15) is 0 Å². The number of rotatable bonds is 3. The predicted molar refractivity (Wildman–Crippen MR) is 93.4 cm³/mol. The van der Waals surface area contributed by atoms with Gasteiger partial charge in [0.15, 0.2) is 6.10 Å². The minimum atomic E-state index is -0.274. The molecule has 0 fully saturated rings. The van der Waals surface area contributed by atoms with Crippen molar-refractivity contribution in [3.05, 3.63) is 33.8 Å². The van der Waals surface area contributed by atoms with Gasteiger partial charge in [0.25, 0.3) is 0 Å². The summed E-state index contributed by atoms with van der Waals surface area (Å²) in [6, 6.07) is 5.22. The van der Waals surface area contributed by atoms with E-state index in [0.717, 1.165) is 11.3 Å². The molecule has 23 heavy (non-hydrogen) atoms. The number of urea groups is 1. The maximum atomic E-state index is 12.1. The molecule has 2 amide bonds. The van der Waals surface area contributed by atoms with Crippen molar-refractivity contribution >= 4 is 34.9 Å². The average Bonchev–Trinajstić information content (AvgIpc) is 2.88. The zero-order chi connectivity index (χ0) is 17.2. The first-order chi connectivity index (χ1) is 10.7. The minimum Gasteiger partial charge on any atom is -0.390 e. The molecule has 0 saturated heterocycles. The molecule has 0 aromatic heterocycles. The van der Waals surface area contributed by atoms with Crippen molar-refractivity contribution in [2.75, 3.05) is 13.6 Å². The number of halogens is 2. The van der Waals surface area contributed by atoms with Gasteiger partial charge in [-0.2, -0.15) is 0 Å². The zero-order valence-corrected chi connectivity index (χ0v) is 15.2. The van der Waals surface area contributed by atoms with Crippen LogP contribution in [0.1, 0.15) is 32.8 Å². The average molecular weight is 358 g/mol. The lowest BCUT2D eigenvalue weighted by molar-refractivity contribution is 0.0649. The molecule has 0 radical (unpaired) electrons. The van der Waals surface area contributed by atoms with E-state index in [1.165, 1.54) is 0 Å². The van der Waals surface area contributed by atoms with Gasteiger partial charge in [0.05, 0.1) is 22.3 Å². The minimum absolute atomic E-state index is 0.135. The van der Waals surface area contributed by atoms with Gasteiger partial charge in [-0.15, -0.1) is 0 Å². The van der Waals surface area contributed by atoms with Crippen molar-refractivity contribution in [3.8, 4) is 0 Å². The molecular formula is C16H21Cl2N3O2. The topological polar surface area (TPSA) is 53.9 Å². The van der Waals surface area contributed by atoms with Crippen molar-refractivity contribution in [1.82, 2.24) is 10.2 Å². The Morgan fingerprint density at radius 2 is 2.09 bits per heavy atom. The number of carbonyl (C=O) groups excluding carboxylic acids is 1. The van der Waals surface area contributed by atoms with E-state index >= 15 is 0 Å². The summed E-state index contributed by atoms with van der Waals surface area (Å²) in [6.45, 7) is 6.28. The quantitative estimate of drug-likeness (QED) is 0.890. The van der Waals surface area contributed by atoms with Crippen molar-refractivity contribution in [2.24, 2.45) is 5.16 Å². The van der Waals surface area contributed by atoms with E-state index in [0.29, 0.717) is 23.0 Å². The number of amides is 2. The van der Waals surface area contributed by atoms with E-state index in [9.17, 15) is 4.79 Å². The Morgan fingerprint density at radius 3 is 2.70 bits per heavy atom. The first-order valence-electron chi connectivity index (χ1n) is 7.37. The smallest absolute Gasteiger partial charge is 0.317 e. The summed E-state index contributed by atoms with van der Waals surface area (Å²) >= 11 is 11.9. The van der Waals surface area contributed by atoms with Crippen molar-refractivity contribution < 1.29 is 9.63 Å². The molecule has 2 rings (SSSR count). The first-order valence-corrected chi connectivity index (χ1v) is 8.13. The number of benzene rings is 1. The number of nitrogens with one attached hydrogen (secondary N) is 1. The monoisotopic (exact) mass is 357 g/mol. The summed E-state index contributed by atoms with van der Waals surface area (Å²) in [5.74, 6) is 0. The van der Waals surface area contributed by atoms with E-state index in [1.807, 2.05) is 26.8 Å². The molecule has 1 aliphatic heterocycles. The summed E-state index contributed by atoms with van der Waals surface area (Å²) in [7, 11) is 1.74. The Balaban J connectivity index is 1.91. The predicted octanol–water partition coefficient (Wildman–Crippen LogP) is 3.93. The highest BCUT2D eigenvalue weighted by molar-refractivity contribution is 6.42. The fourth-order valence-corrected chi connectivity index (χ4v) is 2.48. The fraction of sp³-hybridized carbons (Fsp3) is 0.500. The Labute approximate surface area is 146 Å². The number of likely N-dealkylation sites (N-methyl/N-ethyl adjacent to an activating group) is 1. The Bertz CT molecular complexity index is 626. The highest BCUT2D eigenvalue weighted by Crippen LogP contribution is 2.25. The van der Waals surface area contributed by atoms with Gasteiger partial charge in [-0.25, -0.2) is 4.79 Å². The third kappa shape index (κ3) is 5.01. The molecule has 0 bridgehead atoms. The summed E-state index contributed by atoms with van der Waals surface area (Å²) in [5.41, 5.74) is 1.41. The van der Waals surface area contributed by atoms with Crippen LogP contribution in [0, 0.1) is 0 Å². The number of oxime groups is 1. The second-order valence-corrected chi connectivity index (χ2v) is 7.47. The van der Waals surface area contributed by atoms with Crippen LogP contribution in [0.25, 0.3) is 0 Å². The molecule has 1 heterocycles. The van der Waals surface area contributed by atoms with Gasteiger partial charge < -0.3 is 15.1 Å². The number of nitrogens with zero attached hydrogens (tertiary/aromatic N) is 2. The molecule has 1 N–H and O–H groups in total. The van der Waals surface area contributed by atoms with Gasteiger partial charge >= 0.3 is 6.03 Å². The normalized spacial score (nSPS) is 17.5. The van der Waals surface area contributed by atoms with Gasteiger partial charge in [-0.3, -0.25) is 0 Å². The Morgan fingerprint density at radius 1 is 1.39 bits per heavy atom. The summed E-state index contributed by atoms with van der Waals surface area (Å²) in [6.07, 6.45) is 0.445. The van der Waals surface area contributed by atoms with Crippen LogP contribution < -0.4 is 5.32 Å². The summed E-state index contributed by atoms with van der Waals surface area (Å²) in [4.78, 5) is 19.1. The fourth-order valence-electron chi connectivity index (χ4n) is 2.18. The Kier molecular flexibility index (Phi) is 5.42. The van der Waals surface area contributed by atoms with Crippen LogP contribution in [-0.2, 0) is 4.84 Å². The van der Waals surface area contributed by atoms with E-state index < -0.39 is 0 Å². The van der Waals surface area contributed by atoms with E-state index in [1.54, 1.807) is 24.1 Å². The highest BCUT2D eigenvalue weighted by Gasteiger charge is 2.26. The number of hydrogen-bond acceptors (Lipinski definition) is 3. The molecule has 0 saturated carbocycles. The van der Waals surface area contributed by atoms with Crippen LogP contribution in [0.3, 0.4) is 0 Å². The lowest BCUT2D eigenvalue weighted by Crippen LogP contribution is -2.48. The maximum absolute atomic E-state index is 12.1. The van der Waals surface area contributed by atoms with E-state index in [-0.39, 0.29) is 17.7 Å². The van der Waals surface area contributed by atoms with Crippen LogP contribution in [0.4, 0.5) is 4.79 Å².